The van der Waals surface area contributed by atoms with E-state index in [0.717, 1.165) is 193 Å². The van der Waals surface area contributed by atoms with Gasteiger partial charge in [0.05, 0.1) is 127 Å². The second-order valence-corrected chi connectivity index (χ2v) is 36.8. The van der Waals surface area contributed by atoms with Gasteiger partial charge in [-0.2, -0.15) is 0 Å². The molecule has 10 aliphatic heterocycles. The molecule has 20 rings (SSSR count). The van der Waals surface area contributed by atoms with Crippen molar-refractivity contribution in [2.75, 3.05) is 114 Å². The van der Waals surface area contributed by atoms with Gasteiger partial charge in [0.2, 0.25) is 5.75 Å². The molecule has 0 saturated carbocycles. The lowest BCUT2D eigenvalue weighted by molar-refractivity contribution is 0.103. The summed E-state index contributed by atoms with van der Waals surface area (Å²) in [5.41, 5.74) is 25.2. The second kappa shape index (κ2) is 40.6. The predicted octanol–water partition coefficient (Wildman–Crippen LogP) is 16.3. The van der Waals surface area contributed by atoms with E-state index in [1.807, 2.05) is 84.9 Å². The van der Waals surface area contributed by atoms with Gasteiger partial charge in [0, 0.05) is 156 Å². The topological polar surface area (TPSA) is 305 Å². The van der Waals surface area contributed by atoms with Crippen LogP contribution in [0.15, 0.2) is 103 Å². The lowest BCUT2D eigenvalue weighted by atomic mass is 9.79. The number of methoxy groups -OCH3 is 16. The molecule has 10 aromatic rings. The summed E-state index contributed by atoms with van der Waals surface area (Å²) in [6.07, 6.45) is 8.57. The highest BCUT2D eigenvalue weighted by atomic mass is 16.5. The second-order valence-electron chi connectivity index (χ2n) is 36.8. The van der Waals surface area contributed by atoms with Gasteiger partial charge in [-0.3, -0.25) is 24.5 Å². The predicted molar refractivity (Wildman–Crippen MR) is 515 cm³/mol. The fourth-order valence-corrected chi connectivity index (χ4v) is 23.1. The average molecular weight is 1870 g/mol. The number of aliphatic hydroxyl groups is 2. The number of benzene rings is 10. The molecule has 0 fully saturated rings. The maximum Gasteiger partial charge on any atom is 0.203 e. The standard InChI is InChI=1S/3C22H27NO5.2C21H25NO4/c1-12-6-13-8-19(25-2)18(24)10-15(13)17-7-14-9-20(26-3)22(28-5)21(27-4)16(14)11-23(12)17;2*1-12-5-13-6-22(28-4)19(25)8-14(13)18-7-15-16(10-23(12)18)20(26-2)9-21(27-3)17(15)11-24;2*1-12-5-13-8-21(26-4)19(23)10-16(13)18-7-14-6-15(24-2)9-20(25-3)17(14)11-22(12)18/h8-10,12,17,24H,6-7,11H2,1-5H3;2*6,8-9,12,18,24-25H,5,7,10-11H2,1-4H3;2*6,8-10,12,18,23H,5,7,11H2,1-4H3/t12-,17-;12-,18+;12-,18-;12-,18+;12-,18-/m01010/s1. The minimum Gasteiger partial charge on any atom is -0.504 e. The van der Waals surface area contributed by atoms with Crippen molar-refractivity contribution in [3.8, 4) is 121 Å². The molecule has 0 bridgehead atoms. The van der Waals surface area contributed by atoms with Crippen LogP contribution in [0.2, 0.25) is 0 Å². The first kappa shape index (κ1) is 96.8. The highest BCUT2D eigenvalue weighted by Gasteiger charge is 2.46. The lowest BCUT2D eigenvalue weighted by Crippen LogP contribution is -2.45. The summed E-state index contributed by atoms with van der Waals surface area (Å²) in [6, 6.07) is 35.8. The SMILES string of the molecule is COc1cc2c(c(OC)c1)CN1[C@@H](C)Cc3cc(OC)c(O)cc3[C@@H]1C2.COc1cc2c(c(OC)c1)CN1[C@H](C)Cc3cc(OC)c(O)cc3[C@@H]1C2.COc1cc2c(cc1O)[C@@H]1Cc3c(CO)c(OC)cc(OC)c3CN1[C@@H](C)C2.COc1cc2c(cc1O)[C@@H]1Cc3c(CO)c(OC)cc(OC)c3CN1[C@H](C)C2.COc1cc2c(cc1O)[C@@H]1Cc3cc(OC)c(OC)c(OC)c3CN1[C@@H](C)C2. The Kier molecular flexibility index (Phi) is 28.9. The van der Waals surface area contributed by atoms with E-state index in [1.54, 1.807) is 114 Å². The van der Waals surface area contributed by atoms with Crippen LogP contribution in [0.25, 0.3) is 0 Å². The van der Waals surface area contributed by atoms with E-state index in [0.29, 0.717) is 82.0 Å². The van der Waals surface area contributed by atoms with Crippen molar-refractivity contribution >= 4 is 0 Å². The zero-order valence-corrected chi connectivity index (χ0v) is 82.0. The molecule has 10 aliphatic rings. The Balaban J connectivity index is 0.000000123. The molecule has 7 N–H and O–H groups in total. The number of ether oxygens (including phenoxy) is 16. The third kappa shape index (κ3) is 17.8. The molecule has 10 aromatic carbocycles. The van der Waals surface area contributed by atoms with Crippen LogP contribution >= 0.6 is 0 Å². The van der Waals surface area contributed by atoms with Crippen molar-refractivity contribution in [3.63, 3.8) is 0 Å². The summed E-state index contributed by atoms with van der Waals surface area (Å²) in [4.78, 5) is 12.4. The molecule has 0 unspecified atom stereocenters. The van der Waals surface area contributed by atoms with Gasteiger partial charge in [-0.15, -0.1) is 0 Å². The van der Waals surface area contributed by atoms with E-state index in [-0.39, 0.29) is 72.2 Å². The Bertz CT molecular complexity index is 5810. The molecule has 28 heteroatoms. The van der Waals surface area contributed by atoms with Crippen LogP contribution in [-0.2, 0) is 110 Å². The van der Waals surface area contributed by atoms with Crippen LogP contribution in [0.3, 0.4) is 0 Å². The molecule has 28 nitrogen and oxygen atoms in total. The number of nitrogens with zero attached hydrogens (tertiary/aromatic N) is 5. The smallest absolute Gasteiger partial charge is 0.203 e. The lowest BCUT2D eigenvalue weighted by Gasteiger charge is -2.46. The molecule has 10 atom stereocenters. The highest BCUT2D eigenvalue weighted by Crippen LogP contribution is 2.56. The van der Waals surface area contributed by atoms with Crippen LogP contribution in [0.4, 0.5) is 0 Å². The molecule has 0 amide bonds. The summed E-state index contributed by atoms with van der Waals surface area (Å²) in [6.45, 7) is 14.9. The Morgan fingerprint density at radius 3 is 0.699 bits per heavy atom. The maximum absolute atomic E-state index is 10.4. The average Bonchev–Trinajstić information content (AvgIpc) is 0.733. The zero-order chi connectivity index (χ0) is 96.8. The third-order valence-corrected chi connectivity index (χ3v) is 30.0. The van der Waals surface area contributed by atoms with Crippen LogP contribution in [0, 0.1) is 0 Å². The largest absolute Gasteiger partial charge is 0.504 e. The molecule has 0 aliphatic carbocycles. The summed E-state index contributed by atoms with van der Waals surface area (Å²) < 4.78 is 87.8. The van der Waals surface area contributed by atoms with E-state index < -0.39 is 0 Å². The summed E-state index contributed by atoms with van der Waals surface area (Å²) in [5.74, 6) is 11.9. The Labute approximate surface area is 797 Å². The van der Waals surface area contributed by atoms with E-state index in [2.05, 4.69) is 77.3 Å². The number of aromatic hydroxyl groups is 5. The molecule has 0 saturated heterocycles. The van der Waals surface area contributed by atoms with Crippen molar-refractivity contribution in [2.24, 2.45) is 0 Å². The molecule has 0 aromatic heterocycles. The first-order valence-electron chi connectivity index (χ1n) is 46.4. The summed E-state index contributed by atoms with van der Waals surface area (Å²) in [7, 11) is 26.2. The number of phenols is 5. The van der Waals surface area contributed by atoms with Gasteiger partial charge in [0.15, 0.2) is 69.0 Å². The van der Waals surface area contributed by atoms with Gasteiger partial charge in [-0.05, 0) is 261 Å². The minimum absolute atomic E-state index is 0.0848. The normalized spacial score (nSPS) is 21.0. The number of aliphatic hydroxyl groups excluding tert-OH is 2. The van der Waals surface area contributed by atoms with E-state index in [9.17, 15) is 35.7 Å². The van der Waals surface area contributed by atoms with Crippen LogP contribution in [0.5, 0.6) is 121 Å². The van der Waals surface area contributed by atoms with Crippen LogP contribution in [-0.4, -0.2) is 204 Å². The molecule has 0 spiro atoms. The van der Waals surface area contributed by atoms with Gasteiger partial charge >= 0.3 is 0 Å². The summed E-state index contributed by atoms with van der Waals surface area (Å²) >= 11 is 0. The van der Waals surface area contributed by atoms with Crippen molar-refractivity contribution < 1.29 is 112 Å². The van der Waals surface area contributed by atoms with Crippen molar-refractivity contribution in [2.45, 2.75) is 205 Å². The molecule has 0 radical (unpaired) electrons. The van der Waals surface area contributed by atoms with E-state index >= 15 is 0 Å². The Hall–Kier alpha value is -12.3. The molecule has 10 heterocycles. The number of hydrogen-bond acceptors (Lipinski definition) is 28. The number of fused-ring (bicyclic) bond motifs is 20. The molecular weight excluding hydrogens is 1740 g/mol. The highest BCUT2D eigenvalue weighted by molar-refractivity contribution is 5.64. The third-order valence-electron chi connectivity index (χ3n) is 30.0. The van der Waals surface area contributed by atoms with Crippen molar-refractivity contribution in [3.05, 3.63) is 226 Å². The first-order valence-corrected chi connectivity index (χ1v) is 46.4. The molecule has 136 heavy (non-hydrogen) atoms. The Morgan fingerprint density at radius 1 is 0.213 bits per heavy atom. The van der Waals surface area contributed by atoms with Gasteiger partial charge in [0.1, 0.15) is 46.0 Å². The van der Waals surface area contributed by atoms with Gasteiger partial charge < -0.3 is 112 Å². The van der Waals surface area contributed by atoms with Crippen LogP contribution < -0.4 is 75.8 Å². The fourth-order valence-electron chi connectivity index (χ4n) is 23.1. The Morgan fingerprint density at radius 2 is 0.449 bits per heavy atom. The maximum atomic E-state index is 10.4. The van der Waals surface area contributed by atoms with Crippen molar-refractivity contribution in [1.29, 1.82) is 0 Å². The fraction of sp³-hybridized carbons (Fsp3) is 0.444. The van der Waals surface area contributed by atoms with Crippen LogP contribution in [0.1, 0.15) is 187 Å². The zero-order valence-electron chi connectivity index (χ0n) is 82.0. The van der Waals surface area contributed by atoms with Gasteiger partial charge in [0.25, 0.3) is 0 Å². The monoisotopic (exact) mass is 1870 g/mol. The number of rotatable bonds is 18. The van der Waals surface area contributed by atoms with Gasteiger partial charge in [-0.25, -0.2) is 0 Å². The molecular formula is C108H131N5O23. The number of phenolic OH excluding ortho intramolecular Hbond substituents is 5. The molecule has 726 valence electrons. The van der Waals surface area contributed by atoms with E-state index in [1.165, 1.54) is 66.8 Å². The van der Waals surface area contributed by atoms with Gasteiger partial charge in [-0.1, -0.05) is 0 Å². The van der Waals surface area contributed by atoms with E-state index in [4.69, 9.17) is 75.8 Å². The minimum atomic E-state index is -0.0848. The van der Waals surface area contributed by atoms with Crippen molar-refractivity contribution in [1.82, 2.24) is 24.5 Å². The quantitative estimate of drug-likeness (QED) is 0.0420. The summed E-state index contributed by atoms with van der Waals surface area (Å²) in [5, 5.41) is 71.7. The first-order chi connectivity index (χ1) is 65.6. The number of hydrogen-bond donors (Lipinski definition) is 7.